The summed E-state index contributed by atoms with van der Waals surface area (Å²) >= 11 is 11.6. The number of hydrogen-bond acceptors (Lipinski definition) is 3. The first-order valence-corrected chi connectivity index (χ1v) is 5.07. The number of carbonyl (C=O) groups is 1. The largest absolute Gasteiger partial charge is 0.469 e. The summed E-state index contributed by atoms with van der Waals surface area (Å²) in [6.45, 7) is 0. The standard InChI is InChI=1S/C10H11Cl2NO2/c1-15-10(14)5-9(13)6-2-7(11)4-8(12)3-6/h2-4,9H,5,13H2,1H3. The van der Waals surface area contributed by atoms with Crippen molar-refractivity contribution in [1.82, 2.24) is 0 Å². The minimum absolute atomic E-state index is 0.104. The number of rotatable bonds is 3. The van der Waals surface area contributed by atoms with E-state index in [4.69, 9.17) is 28.9 Å². The maximum Gasteiger partial charge on any atom is 0.307 e. The predicted molar refractivity (Wildman–Crippen MR) is 60.0 cm³/mol. The van der Waals surface area contributed by atoms with E-state index in [2.05, 4.69) is 4.74 Å². The Bertz CT molecular complexity index is 348. The van der Waals surface area contributed by atoms with Crippen molar-refractivity contribution < 1.29 is 9.53 Å². The molecule has 1 rings (SSSR count). The van der Waals surface area contributed by atoms with Crippen LogP contribution in [0.15, 0.2) is 18.2 Å². The summed E-state index contributed by atoms with van der Waals surface area (Å²) in [6, 6.07) is 4.52. The highest BCUT2D eigenvalue weighted by Crippen LogP contribution is 2.24. The molecule has 82 valence electrons. The fourth-order valence-electron chi connectivity index (χ4n) is 1.17. The number of nitrogens with two attached hydrogens (primary N) is 1. The molecule has 0 heterocycles. The van der Waals surface area contributed by atoms with E-state index in [9.17, 15) is 4.79 Å². The van der Waals surface area contributed by atoms with Crippen LogP contribution in [0.5, 0.6) is 0 Å². The molecular weight excluding hydrogens is 237 g/mol. The van der Waals surface area contributed by atoms with Gasteiger partial charge in [-0.25, -0.2) is 0 Å². The molecule has 1 aromatic carbocycles. The molecule has 3 nitrogen and oxygen atoms in total. The summed E-state index contributed by atoms with van der Waals surface area (Å²) in [5.74, 6) is -0.362. The lowest BCUT2D eigenvalue weighted by atomic mass is 10.1. The zero-order valence-corrected chi connectivity index (χ0v) is 9.68. The smallest absolute Gasteiger partial charge is 0.307 e. The number of esters is 1. The topological polar surface area (TPSA) is 52.3 Å². The van der Waals surface area contributed by atoms with Crippen molar-refractivity contribution in [3.8, 4) is 0 Å². The molecule has 0 aromatic heterocycles. The van der Waals surface area contributed by atoms with E-state index < -0.39 is 6.04 Å². The fourth-order valence-corrected chi connectivity index (χ4v) is 1.71. The molecule has 5 heteroatoms. The van der Waals surface area contributed by atoms with Crippen molar-refractivity contribution >= 4 is 29.2 Å². The van der Waals surface area contributed by atoms with Gasteiger partial charge >= 0.3 is 5.97 Å². The van der Waals surface area contributed by atoms with Crippen molar-refractivity contribution in [1.29, 1.82) is 0 Å². The third-order valence-corrected chi connectivity index (χ3v) is 2.36. The van der Waals surface area contributed by atoms with Crippen LogP contribution >= 0.6 is 23.2 Å². The average Bonchev–Trinajstić information content (AvgIpc) is 2.16. The Hall–Kier alpha value is -0.770. The van der Waals surface area contributed by atoms with E-state index >= 15 is 0 Å². The molecule has 0 bridgehead atoms. The van der Waals surface area contributed by atoms with E-state index in [1.54, 1.807) is 18.2 Å². The molecule has 0 amide bonds. The Balaban J connectivity index is 2.81. The number of methoxy groups -OCH3 is 1. The fraction of sp³-hybridized carbons (Fsp3) is 0.300. The Morgan fingerprint density at radius 1 is 1.40 bits per heavy atom. The summed E-state index contributed by atoms with van der Waals surface area (Å²) in [5.41, 5.74) is 6.51. The van der Waals surface area contributed by atoms with Gasteiger partial charge in [-0.2, -0.15) is 0 Å². The molecule has 1 atom stereocenters. The first kappa shape index (κ1) is 12.3. The molecule has 0 radical (unpaired) electrons. The van der Waals surface area contributed by atoms with Gasteiger partial charge in [0, 0.05) is 16.1 Å². The van der Waals surface area contributed by atoms with Crippen molar-refractivity contribution in [2.75, 3.05) is 7.11 Å². The Labute approximate surface area is 98.1 Å². The van der Waals surface area contributed by atoms with Crippen LogP contribution in [0, 0.1) is 0 Å². The van der Waals surface area contributed by atoms with Crippen molar-refractivity contribution in [3.63, 3.8) is 0 Å². The van der Waals surface area contributed by atoms with Crippen LogP contribution in [0.25, 0.3) is 0 Å². The van der Waals surface area contributed by atoms with Crippen LogP contribution < -0.4 is 5.73 Å². The number of benzene rings is 1. The number of halogens is 2. The van der Waals surface area contributed by atoms with Crippen LogP contribution in [0.2, 0.25) is 10.0 Å². The first-order chi connectivity index (χ1) is 7.02. The monoisotopic (exact) mass is 247 g/mol. The molecule has 0 spiro atoms. The molecule has 15 heavy (non-hydrogen) atoms. The maximum atomic E-state index is 11.0. The highest BCUT2D eigenvalue weighted by molar-refractivity contribution is 6.34. The first-order valence-electron chi connectivity index (χ1n) is 4.31. The van der Waals surface area contributed by atoms with Gasteiger partial charge in [-0.05, 0) is 23.8 Å². The van der Waals surface area contributed by atoms with Gasteiger partial charge in [-0.1, -0.05) is 23.2 Å². The minimum atomic E-state index is -0.450. The highest BCUT2D eigenvalue weighted by atomic mass is 35.5. The molecule has 0 saturated heterocycles. The van der Waals surface area contributed by atoms with Gasteiger partial charge < -0.3 is 10.5 Å². The summed E-state index contributed by atoms with van der Waals surface area (Å²) in [7, 11) is 1.32. The number of hydrogen-bond donors (Lipinski definition) is 1. The third kappa shape index (κ3) is 3.70. The zero-order valence-electron chi connectivity index (χ0n) is 8.17. The normalized spacial score (nSPS) is 12.3. The Kier molecular flexibility index (Phi) is 4.39. The van der Waals surface area contributed by atoms with E-state index in [0.717, 1.165) is 5.56 Å². The van der Waals surface area contributed by atoms with Gasteiger partial charge in [0.05, 0.1) is 13.5 Å². The number of ether oxygens (including phenoxy) is 1. The van der Waals surface area contributed by atoms with Crippen molar-refractivity contribution in [2.45, 2.75) is 12.5 Å². The quantitative estimate of drug-likeness (QED) is 0.836. The molecule has 0 saturated carbocycles. The SMILES string of the molecule is COC(=O)CC(N)c1cc(Cl)cc(Cl)c1. The molecule has 0 fully saturated rings. The zero-order chi connectivity index (χ0) is 11.4. The van der Waals surface area contributed by atoms with Crippen LogP contribution in [0.3, 0.4) is 0 Å². The van der Waals surface area contributed by atoms with Crippen LogP contribution in [-0.4, -0.2) is 13.1 Å². The van der Waals surface area contributed by atoms with Crippen molar-refractivity contribution in [2.24, 2.45) is 5.73 Å². The molecule has 2 N–H and O–H groups in total. The van der Waals surface area contributed by atoms with E-state index in [1.165, 1.54) is 7.11 Å². The highest BCUT2D eigenvalue weighted by Gasteiger charge is 2.12. The summed E-state index contributed by atoms with van der Waals surface area (Å²) < 4.78 is 4.52. The van der Waals surface area contributed by atoms with Gasteiger partial charge in [0.15, 0.2) is 0 Å². The van der Waals surface area contributed by atoms with Gasteiger partial charge in [0.1, 0.15) is 0 Å². The number of carbonyl (C=O) groups excluding carboxylic acids is 1. The van der Waals surface area contributed by atoms with Gasteiger partial charge in [0.2, 0.25) is 0 Å². The summed E-state index contributed by atoms with van der Waals surface area (Å²) in [4.78, 5) is 11.0. The lowest BCUT2D eigenvalue weighted by molar-refractivity contribution is -0.141. The van der Waals surface area contributed by atoms with Crippen LogP contribution in [-0.2, 0) is 9.53 Å². The summed E-state index contributed by atoms with van der Waals surface area (Å²) in [6.07, 6.45) is 0.104. The average molecular weight is 248 g/mol. The summed E-state index contributed by atoms with van der Waals surface area (Å²) in [5, 5.41) is 0.996. The van der Waals surface area contributed by atoms with Crippen LogP contribution in [0.1, 0.15) is 18.0 Å². The van der Waals surface area contributed by atoms with Gasteiger partial charge in [-0.15, -0.1) is 0 Å². The second-order valence-electron chi connectivity index (χ2n) is 3.09. The van der Waals surface area contributed by atoms with Gasteiger partial charge in [0.25, 0.3) is 0 Å². The lowest BCUT2D eigenvalue weighted by Gasteiger charge is -2.11. The van der Waals surface area contributed by atoms with E-state index in [1.807, 2.05) is 0 Å². The predicted octanol–water partition coefficient (Wildman–Crippen LogP) is 2.56. The molecular formula is C10H11Cl2NO2. The second kappa shape index (κ2) is 5.35. The molecule has 0 aliphatic carbocycles. The maximum absolute atomic E-state index is 11.0. The second-order valence-corrected chi connectivity index (χ2v) is 3.96. The van der Waals surface area contributed by atoms with Gasteiger partial charge in [-0.3, -0.25) is 4.79 Å². The molecule has 0 aliphatic rings. The van der Waals surface area contributed by atoms with Crippen molar-refractivity contribution in [3.05, 3.63) is 33.8 Å². The third-order valence-electron chi connectivity index (χ3n) is 1.93. The molecule has 1 unspecified atom stereocenters. The molecule has 0 aliphatic heterocycles. The van der Waals surface area contributed by atoms with E-state index in [-0.39, 0.29) is 12.4 Å². The minimum Gasteiger partial charge on any atom is -0.469 e. The Morgan fingerprint density at radius 3 is 2.40 bits per heavy atom. The Morgan fingerprint density at radius 2 is 1.93 bits per heavy atom. The lowest BCUT2D eigenvalue weighted by Crippen LogP contribution is -2.16. The van der Waals surface area contributed by atoms with Crippen LogP contribution in [0.4, 0.5) is 0 Å². The molecule has 1 aromatic rings. The van der Waals surface area contributed by atoms with E-state index in [0.29, 0.717) is 10.0 Å².